The van der Waals surface area contributed by atoms with Crippen LogP contribution in [0, 0.1) is 17.2 Å². The van der Waals surface area contributed by atoms with E-state index in [-0.39, 0.29) is 5.92 Å². The summed E-state index contributed by atoms with van der Waals surface area (Å²) in [7, 11) is 0. The van der Waals surface area contributed by atoms with Crippen LogP contribution in [0.2, 0.25) is 0 Å². The van der Waals surface area contributed by atoms with Gasteiger partial charge in [-0.25, -0.2) is 4.98 Å². The van der Waals surface area contributed by atoms with Gasteiger partial charge in [-0.2, -0.15) is 5.26 Å². The van der Waals surface area contributed by atoms with Gasteiger partial charge in [-0.15, -0.1) is 0 Å². The lowest BCUT2D eigenvalue weighted by Crippen LogP contribution is -2.50. The fraction of sp³-hybridized carbons (Fsp3) is 0.414. The quantitative estimate of drug-likeness (QED) is 0.516. The SMILES string of the molecule is N#Cc1ccc(Cn2cncc2CN2CCN(C(=O)C(c3ccccc3)C3CCCC3)CC2)cc1. The van der Waals surface area contributed by atoms with Crippen molar-refractivity contribution >= 4 is 5.91 Å². The number of hydrogen-bond acceptors (Lipinski definition) is 4. The van der Waals surface area contributed by atoms with Crippen LogP contribution >= 0.6 is 0 Å². The number of piperazine rings is 1. The first-order chi connectivity index (χ1) is 17.2. The van der Waals surface area contributed by atoms with Crippen LogP contribution in [0.4, 0.5) is 0 Å². The minimum Gasteiger partial charge on any atom is -0.340 e. The summed E-state index contributed by atoms with van der Waals surface area (Å²) in [5.41, 5.74) is 4.17. The van der Waals surface area contributed by atoms with Gasteiger partial charge in [0.15, 0.2) is 0 Å². The highest BCUT2D eigenvalue weighted by Crippen LogP contribution is 2.38. The Bertz CT molecular complexity index is 1150. The zero-order chi connectivity index (χ0) is 24.0. The topological polar surface area (TPSA) is 65.2 Å². The highest BCUT2D eigenvalue weighted by molar-refractivity contribution is 5.84. The molecule has 1 saturated heterocycles. The number of nitriles is 1. The highest BCUT2D eigenvalue weighted by atomic mass is 16.2. The number of hydrogen-bond donors (Lipinski definition) is 0. The molecule has 1 saturated carbocycles. The van der Waals surface area contributed by atoms with Gasteiger partial charge in [0, 0.05) is 45.5 Å². The molecule has 180 valence electrons. The Morgan fingerprint density at radius 3 is 2.37 bits per heavy atom. The van der Waals surface area contributed by atoms with Gasteiger partial charge < -0.3 is 9.47 Å². The molecule has 2 fully saturated rings. The number of aromatic nitrogens is 2. The molecule has 0 N–H and O–H groups in total. The van der Waals surface area contributed by atoms with E-state index < -0.39 is 0 Å². The number of amides is 1. The van der Waals surface area contributed by atoms with Gasteiger partial charge in [0.2, 0.25) is 5.91 Å². The molecular formula is C29H33N5O. The van der Waals surface area contributed by atoms with Crippen molar-refractivity contribution in [3.63, 3.8) is 0 Å². The Balaban J connectivity index is 1.19. The Kier molecular flexibility index (Phi) is 7.25. The van der Waals surface area contributed by atoms with E-state index in [1.54, 1.807) is 0 Å². The average molecular weight is 468 g/mol. The third-order valence-corrected chi connectivity index (χ3v) is 7.60. The summed E-state index contributed by atoms with van der Waals surface area (Å²) >= 11 is 0. The molecule has 1 atom stereocenters. The van der Waals surface area contributed by atoms with Gasteiger partial charge in [0.25, 0.3) is 0 Å². The number of benzene rings is 2. The smallest absolute Gasteiger partial charge is 0.230 e. The van der Waals surface area contributed by atoms with Crippen LogP contribution in [0.15, 0.2) is 67.1 Å². The zero-order valence-corrected chi connectivity index (χ0v) is 20.2. The third kappa shape index (κ3) is 5.47. The minimum absolute atomic E-state index is 0.000830. The van der Waals surface area contributed by atoms with E-state index in [1.807, 2.05) is 42.9 Å². The van der Waals surface area contributed by atoms with Crippen molar-refractivity contribution in [1.82, 2.24) is 19.4 Å². The second-order valence-electron chi connectivity index (χ2n) is 9.86. The van der Waals surface area contributed by atoms with Crippen LogP contribution in [0.5, 0.6) is 0 Å². The first kappa shape index (κ1) is 23.3. The number of imidazole rings is 1. The second kappa shape index (κ2) is 10.9. The molecule has 6 nitrogen and oxygen atoms in total. The molecule has 0 bridgehead atoms. The summed E-state index contributed by atoms with van der Waals surface area (Å²) in [5, 5.41) is 9.01. The number of rotatable bonds is 7. The molecule has 5 rings (SSSR count). The molecule has 3 aromatic rings. The van der Waals surface area contributed by atoms with Gasteiger partial charge in [0.1, 0.15) is 0 Å². The molecule has 1 amide bonds. The summed E-state index contributed by atoms with van der Waals surface area (Å²) in [6, 6.07) is 20.3. The molecule has 0 spiro atoms. The van der Waals surface area contributed by atoms with E-state index in [0.29, 0.717) is 17.4 Å². The van der Waals surface area contributed by atoms with Crippen LogP contribution < -0.4 is 0 Å². The lowest BCUT2D eigenvalue weighted by molar-refractivity contribution is -0.136. The third-order valence-electron chi connectivity index (χ3n) is 7.60. The van der Waals surface area contributed by atoms with E-state index >= 15 is 0 Å². The van der Waals surface area contributed by atoms with Crippen LogP contribution in [0.3, 0.4) is 0 Å². The molecule has 2 aliphatic rings. The van der Waals surface area contributed by atoms with E-state index in [2.05, 4.69) is 49.7 Å². The lowest BCUT2D eigenvalue weighted by atomic mass is 9.83. The fourth-order valence-corrected chi connectivity index (χ4v) is 5.62. The predicted molar refractivity (Wildman–Crippen MR) is 135 cm³/mol. The van der Waals surface area contributed by atoms with Crippen LogP contribution in [-0.2, 0) is 17.9 Å². The molecule has 0 radical (unpaired) electrons. The van der Waals surface area contributed by atoms with Crippen LogP contribution in [0.25, 0.3) is 0 Å². The largest absolute Gasteiger partial charge is 0.340 e. The average Bonchev–Trinajstić information content (AvgIpc) is 3.59. The molecule has 1 aromatic heterocycles. The molecule has 1 aliphatic heterocycles. The Labute approximate surface area is 207 Å². The number of nitrogens with zero attached hydrogens (tertiary/aromatic N) is 5. The minimum atomic E-state index is -0.000830. The maximum atomic E-state index is 13.7. The molecular weight excluding hydrogens is 434 g/mol. The van der Waals surface area contributed by atoms with Crippen LogP contribution in [0.1, 0.15) is 54.0 Å². The van der Waals surface area contributed by atoms with Crippen molar-refractivity contribution in [1.29, 1.82) is 5.26 Å². The van der Waals surface area contributed by atoms with E-state index in [9.17, 15) is 4.79 Å². The molecule has 1 aliphatic carbocycles. The van der Waals surface area contributed by atoms with E-state index in [1.165, 1.54) is 24.1 Å². The summed E-state index contributed by atoms with van der Waals surface area (Å²) in [4.78, 5) is 22.6. The van der Waals surface area contributed by atoms with Gasteiger partial charge in [-0.1, -0.05) is 55.3 Å². The van der Waals surface area contributed by atoms with Crippen molar-refractivity contribution in [2.45, 2.75) is 44.7 Å². The summed E-state index contributed by atoms with van der Waals surface area (Å²) in [5.74, 6) is 0.784. The first-order valence-corrected chi connectivity index (χ1v) is 12.8. The standard InChI is InChI=1S/C29H33N5O/c30-18-23-10-12-24(13-11-23)20-34-22-31-19-27(34)21-32-14-16-33(17-15-32)29(35)28(26-8-4-5-9-26)25-6-2-1-3-7-25/h1-3,6-7,10-13,19,22,26,28H,4-5,8-9,14-17,20-21H2. The van der Waals surface area contributed by atoms with Crippen molar-refractivity contribution in [3.8, 4) is 6.07 Å². The summed E-state index contributed by atoms with van der Waals surface area (Å²) < 4.78 is 2.17. The van der Waals surface area contributed by atoms with Crippen LogP contribution in [-0.4, -0.2) is 51.4 Å². The second-order valence-corrected chi connectivity index (χ2v) is 9.86. The zero-order valence-electron chi connectivity index (χ0n) is 20.2. The monoisotopic (exact) mass is 467 g/mol. The molecule has 6 heteroatoms. The number of carbonyl (C=O) groups excluding carboxylic acids is 1. The van der Waals surface area contributed by atoms with Gasteiger partial charge in [-0.05, 0) is 42.0 Å². The Hall–Kier alpha value is -3.43. The van der Waals surface area contributed by atoms with E-state index in [4.69, 9.17) is 5.26 Å². The molecule has 1 unspecified atom stereocenters. The maximum absolute atomic E-state index is 13.7. The highest BCUT2D eigenvalue weighted by Gasteiger charge is 2.35. The molecule has 2 heterocycles. The summed E-state index contributed by atoms with van der Waals surface area (Å²) in [6.45, 7) is 4.86. The maximum Gasteiger partial charge on any atom is 0.230 e. The Morgan fingerprint density at radius 2 is 1.69 bits per heavy atom. The van der Waals surface area contributed by atoms with E-state index in [0.717, 1.165) is 57.7 Å². The van der Waals surface area contributed by atoms with Gasteiger partial charge in [0.05, 0.1) is 29.6 Å². The lowest BCUT2D eigenvalue weighted by Gasteiger charge is -2.37. The van der Waals surface area contributed by atoms with Crippen molar-refractivity contribution in [2.24, 2.45) is 5.92 Å². The fourth-order valence-electron chi connectivity index (χ4n) is 5.62. The van der Waals surface area contributed by atoms with Crippen molar-refractivity contribution in [3.05, 3.63) is 89.5 Å². The van der Waals surface area contributed by atoms with Gasteiger partial charge >= 0.3 is 0 Å². The molecule has 2 aromatic carbocycles. The van der Waals surface area contributed by atoms with Crippen molar-refractivity contribution in [2.75, 3.05) is 26.2 Å². The predicted octanol–water partition coefficient (Wildman–Crippen LogP) is 4.42. The van der Waals surface area contributed by atoms with Gasteiger partial charge in [-0.3, -0.25) is 9.69 Å². The normalized spacial score (nSPS) is 17.9. The molecule has 35 heavy (non-hydrogen) atoms. The number of carbonyl (C=O) groups is 1. The summed E-state index contributed by atoms with van der Waals surface area (Å²) in [6.07, 6.45) is 8.62. The Morgan fingerprint density at radius 1 is 0.971 bits per heavy atom. The van der Waals surface area contributed by atoms with Crippen molar-refractivity contribution < 1.29 is 4.79 Å². The first-order valence-electron chi connectivity index (χ1n) is 12.8.